The molecule has 0 unspecified atom stereocenters. The lowest BCUT2D eigenvalue weighted by atomic mass is 10.0. The Bertz CT molecular complexity index is 3440. The largest absolute Gasteiger partial charge is 0.480 e. The normalized spacial score (nSPS) is 17.8. The lowest BCUT2D eigenvalue weighted by Crippen LogP contribution is -2.61. The van der Waals surface area contributed by atoms with E-state index in [1.807, 2.05) is 6.92 Å². The molecule has 1 aromatic carbocycles. The summed E-state index contributed by atoms with van der Waals surface area (Å²) in [4.78, 5) is 210. The van der Waals surface area contributed by atoms with Gasteiger partial charge in [-0.3, -0.25) is 72.3 Å². The first-order valence-corrected chi connectivity index (χ1v) is 35.7. The summed E-state index contributed by atoms with van der Waals surface area (Å²) in [5.41, 5.74) is 23.1. The van der Waals surface area contributed by atoms with Crippen LogP contribution in [0, 0.1) is 5.92 Å². The summed E-state index contributed by atoms with van der Waals surface area (Å²) in [6, 6.07) is -6.97. The van der Waals surface area contributed by atoms with Gasteiger partial charge in [-0.2, -0.15) is 0 Å². The van der Waals surface area contributed by atoms with E-state index in [0.717, 1.165) is 0 Å². The average molecular weight is 1480 g/mol. The third-order valence-electron chi connectivity index (χ3n) is 17.8. The second-order valence-electron chi connectivity index (χ2n) is 26.6. The maximum Gasteiger partial charge on any atom is 0.326 e. The summed E-state index contributed by atoms with van der Waals surface area (Å²) in [6.45, 7) is 11.3. The molecular formula is C69H105N21O16. The highest BCUT2D eigenvalue weighted by molar-refractivity contribution is 6.00. The van der Waals surface area contributed by atoms with E-state index in [0.29, 0.717) is 36.9 Å². The number of aromatic nitrogens is 2. The molecular weight excluding hydrogens is 1380 g/mol. The number of imidazole rings is 1. The number of benzene rings is 1. The van der Waals surface area contributed by atoms with Crippen molar-refractivity contribution in [2.24, 2.45) is 38.8 Å². The monoisotopic (exact) mass is 1480 g/mol. The first-order chi connectivity index (χ1) is 50.6. The number of likely N-dealkylation sites (tertiary alicyclic amines) is 2. The smallest absolute Gasteiger partial charge is 0.326 e. The van der Waals surface area contributed by atoms with E-state index in [1.54, 1.807) is 44.2 Å². The minimum absolute atomic E-state index is 0.0173. The second-order valence-corrected chi connectivity index (χ2v) is 26.6. The van der Waals surface area contributed by atoms with E-state index in [9.17, 15) is 77.3 Å². The van der Waals surface area contributed by atoms with Crippen molar-refractivity contribution < 1.29 is 77.3 Å². The third-order valence-corrected chi connectivity index (χ3v) is 17.8. The van der Waals surface area contributed by atoms with Crippen LogP contribution in [0.1, 0.15) is 135 Å². The number of carboxylic acid groups (broad SMARTS) is 1. The van der Waals surface area contributed by atoms with Crippen molar-refractivity contribution in [3.8, 4) is 0 Å². The fraction of sp³-hybridized carbons (Fsp3) is 0.580. The van der Waals surface area contributed by atoms with Crippen molar-refractivity contribution in [1.82, 2.24) is 78.3 Å². The van der Waals surface area contributed by atoms with Crippen LogP contribution in [0.3, 0.4) is 0 Å². The Hall–Kier alpha value is -11.0. The number of rotatable bonds is 45. The molecule has 0 radical (unpaired) electrons. The number of amides is 13. The van der Waals surface area contributed by atoms with Crippen LogP contribution in [0.5, 0.6) is 0 Å². The first kappa shape index (κ1) is 85.6. The molecule has 1 aromatic heterocycles. The molecule has 0 bridgehead atoms. The van der Waals surface area contributed by atoms with E-state index < -0.39 is 163 Å². The molecule has 0 aliphatic carbocycles. The van der Waals surface area contributed by atoms with Crippen molar-refractivity contribution in [1.29, 1.82) is 0 Å². The van der Waals surface area contributed by atoms with Crippen LogP contribution in [0.25, 0.3) is 0 Å². The number of carboxylic acids is 1. The maximum absolute atomic E-state index is 14.5. The topological polar surface area (TPSA) is 576 Å². The number of H-pyrrole nitrogens is 1. The molecule has 13 amide bonds. The fourth-order valence-electron chi connectivity index (χ4n) is 12.3. The number of nitrogens with two attached hydrogens (primary N) is 4. The predicted octanol–water partition coefficient (Wildman–Crippen LogP) is -4.49. The molecule has 12 atom stereocenters. The lowest BCUT2D eigenvalue weighted by Gasteiger charge is -2.31. The van der Waals surface area contributed by atoms with Gasteiger partial charge in [0.2, 0.25) is 76.8 Å². The molecule has 0 saturated carbocycles. The Morgan fingerprint density at radius 3 is 1.62 bits per heavy atom. The van der Waals surface area contributed by atoms with E-state index in [4.69, 9.17) is 22.9 Å². The Balaban J connectivity index is 1.24. The predicted molar refractivity (Wildman–Crippen MR) is 387 cm³/mol. The molecule has 37 nitrogen and oxygen atoms in total. The minimum Gasteiger partial charge on any atom is -0.480 e. The number of hydrogen-bond acceptors (Lipinski definition) is 18. The molecule has 3 saturated heterocycles. The zero-order chi connectivity index (χ0) is 78.0. The molecule has 0 spiro atoms. The molecule has 5 rings (SSSR count). The molecule has 3 aliphatic heterocycles. The molecule has 3 fully saturated rings. The van der Waals surface area contributed by atoms with Crippen LogP contribution in [0.2, 0.25) is 0 Å². The Morgan fingerprint density at radius 1 is 0.604 bits per heavy atom. The zero-order valence-corrected chi connectivity index (χ0v) is 60.2. The number of hydrogen-bond donors (Lipinski definition) is 18. The molecule has 4 heterocycles. The van der Waals surface area contributed by atoms with E-state index in [1.165, 1.54) is 34.5 Å². The Morgan fingerprint density at radius 2 is 1.09 bits per heavy atom. The van der Waals surface area contributed by atoms with Gasteiger partial charge in [0, 0.05) is 57.3 Å². The number of aromatic amines is 1. The Labute approximate surface area is 614 Å². The SMILES string of the molecule is C=CC[C@H](NC(=O)[C@H](Cc1cnc[nH]1)NC(=O)[C@H](CO)NC(=O)[C@H](CC(C)C)NC(=O)[C@H](CCCN=C(N)N)NC(=O)[C@@H]1CCCN1C(=O)[C@H](CCCN=C(N)N)NC(=O)[C@@H]1CCC(=O)N1)C(=O)NCC(=O)N1CCC[C@H]1C(=O)N[C@@H](CCCC)C(=O)N[C@@H](CC=C)C(=O)N[C@@H](Cc1ccccc1)C(=O)O. The number of nitrogens with one attached hydrogen (secondary N) is 12. The minimum atomic E-state index is -1.78. The van der Waals surface area contributed by atoms with Crippen molar-refractivity contribution >= 4 is 94.7 Å². The van der Waals surface area contributed by atoms with E-state index in [2.05, 4.69) is 91.6 Å². The molecule has 3 aliphatic rings. The number of aliphatic hydroxyl groups excluding tert-OH is 1. The Kier molecular flexibility index (Phi) is 35.5. The highest BCUT2D eigenvalue weighted by Crippen LogP contribution is 2.23. The second kappa shape index (κ2) is 43.9. The van der Waals surface area contributed by atoms with E-state index >= 15 is 0 Å². The summed E-state index contributed by atoms with van der Waals surface area (Å²) in [5, 5.41) is 49.1. The summed E-state index contributed by atoms with van der Waals surface area (Å²) in [5.74, 6) is -11.9. The number of unbranched alkanes of at least 4 members (excludes halogenated alkanes) is 1. The molecule has 106 heavy (non-hydrogen) atoms. The van der Waals surface area contributed by atoms with Crippen molar-refractivity contribution in [2.45, 2.75) is 209 Å². The molecule has 582 valence electrons. The zero-order valence-electron chi connectivity index (χ0n) is 60.2. The molecule has 2 aromatic rings. The molecule has 37 heteroatoms. The van der Waals surface area contributed by atoms with Gasteiger partial charge in [0.25, 0.3) is 0 Å². The van der Waals surface area contributed by atoms with E-state index in [-0.39, 0.29) is 140 Å². The van der Waals surface area contributed by atoms with Crippen molar-refractivity contribution in [2.75, 3.05) is 39.3 Å². The van der Waals surface area contributed by atoms with Crippen LogP contribution in [-0.4, -0.2) is 236 Å². The van der Waals surface area contributed by atoms with Crippen molar-refractivity contribution in [3.05, 3.63) is 79.4 Å². The number of guanidine groups is 2. The van der Waals surface area contributed by atoms with Crippen molar-refractivity contribution in [3.63, 3.8) is 0 Å². The third kappa shape index (κ3) is 27.9. The van der Waals surface area contributed by atoms with Gasteiger partial charge < -0.3 is 106 Å². The molecule has 22 N–H and O–H groups in total. The van der Waals surface area contributed by atoms with Gasteiger partial charge in [-0.15, -0.1) is 13.2 Å². The van der Waals surface area contributed by atoms with Gasteiger partial charge in [-0.1, -0.05) is 76.1 Å². The fourth-order valence-corrected chi connectivity index (χ4v) is 12.3. The number of nitrogens with zero attached hydrogens (tertiary/aromatic N) is 5. The van der Waals surface area contributed by atoms with Gasteiger partial charge in [-0.25, -0.2) is 9.78 Å². The van der Waals surface area contributed by atoms with Gasteiger partial charge in [-0.05, 0) is 95.0 Å². The van der Waals surface area contributed by atoms with Crippen LogP contribution < -0.4 is 81.4 Å². The number of carbonyl (C=O) groups is 14. The van der Waals surface area contributed by atoms with Crippen LogP contribution in [0.4, 0.5) is 0 Å². The summed E-state index contributed by atoms with van der Waals surface area (Å²) in [7, 11) is 0. The highest BCUT2D eigenvalue weighted by Gasteiger charge is 2.42. The number of carbonyl (C=O) groups excluding carboxylic acids is 13. The number of aliphatic hydroxyl groups is 1. The van der Waals surface area contributed by atoms with Gasteiger partial charge in [0.15, 0.2) is 11.9 Å². The van der Waals surface area contributed by atoms with Crippen LogP contribution >= 0.6 is 0 Å². The van der Waals surface area contributed by atoms with Gasteiger partial charge in [0.1, 0.15) is 72.5 Å². The lowest BCUT2D eigenvalue weighted by molar-refractivity contribution is -0.142. The first-order valence-electron chi connectivity index (χ1n) is 35.7. The maximum atomic E-state index is 14.5. The summed E-state index contributed by atoms with van der Waals surface area (Å²) >= 11 is 0. The summed E-state index contributed by atoms with van der Waals surface area (Å²) < 4.78 is 0. The number of aliphatic imine (C=N–C) groups is 2. The standard InChI is InChI=1S/C69H105N21O16/c1-6-9-21-44(58(96)81-43(18-8-3)57(95)87-50(67(105)106)33-40-19-11-10-12-20-40)82-64(102)52-24-15-30-89(52)55(93)36-77-56(94)42(17-7-2)80-62(100)49(34-41-35-74-38-78-41)86-63(101)51(37-91)88-61(99)48(32-39(4)5)85-59(97)45(22-13-28-75-68(70)71)83-65(103)53-25-16-31-90(53)66(104)47(23-14-29-76-69(72)73)84-60(98)46-26-27-54(92)79-46/h7-8,10-12,19-20,35,38-39,42-53,91H,2-3,6,9,13-18,21-34,36-37H2,1,4-5H3,(H,74,78)(H,77,94)(H,79,92)(H,80,100)(H,81,96)(H,82,102)(H,83,103)(H,84,98)(H,85,97)(H,86,101)(H,87,95)(H,88,99)(H,105,106)(H4,70,71,75)(H4,72,73,76)/t42-,43-,44-,45-,46-,47-,48-,49-,50-,51-,52-,53-/m0/s1. The van der Waals surface area contributed by atoms with Crippen LogP contribution in [0.15, 0.2) is 78.2 Å². The number of aliphatic carboxylic acids is 1. The quantitative estimate of drug-likeness (QED) is 0.0129. The highest BCUT2D eigenvalue weighted by atomic mass is 16.4. The summed E-state index contributed by atoms with van der Waals surface area (Å²) in [6.07, 6.45) is 7.66. The van der Waals surface area contributed by atoms with Gasteiger partial charge >= 0.3 is 5.97 Å². The average Bonchev–Trinajstić information content (AvgIpc) is 1.63. The van der Waals surface area contributed by atoms with Gasteiger partial charge in [0.05, 0.1) is 19.5 Å². The van der Waals surface area contributed by atoms with Crippen LogP contribution in [-0.2, 0) is 80.0 Å².